The molecule has 0 radical (unpaired) electrons. The van der Waals surface area contributed by atoms with Crippen LogP contribution in [-0.4, -0.2) is 58.6 Å². The van der Waals surface area contributed by atoms with Crippen LogP contribution in [0.3, 0.4) is 0 Å². The fourth-order valence-electron chi connectivity index (χ4n) is 2.66. The van der Waals surface area contributed by atoms with Crippen LogP contribution in [0.25, 0.3) is 0 Å². The summed E-state index contributed by atoms with van der Waals surface area (Å²) in [5.41, 5.74) is -0.409. The summed E-state index contributed by atoms with van der Waals surface area (Å²) in [5.74, 6) is 0. The van der Waals surface area contributed by atoms with Crippen LogP contribution in [0.4, 0.5) is 0 Å². The van der Waals surface area contributed by atoms with Crippen LogP contribution in [0.1, 0.15) is 6.92 Å². The average molecular weight is 200 g/mol. The van der Waals surface area contributed by atoms with Crippen LogP contribution in [-0.2, 0) is 18.9 Å². The molecular weight excluding hydrogens is 183 g/mol. The van der Waals surface area contributed by atoms with Crippen molar-refractivity contribution in [2.24, 2.45) is 0 Å². The fraction of sp³-hybridized carbons (Fsp3) is 1.00. The summed E-state index contributed by atoms with van der Waals surface area (Å²) >= 11 is 0. The quantitative estimate of drug-likeness (QED) is 0.557. The lowest BCUT2D eigenvalue weighted by Gasteiger charge is -2.34. The van der Waals surface area contributed by atoms with Gasteiger partial charge in [0.25, 0.3) is 0 Å². The van der Waals surface area contributed by atoms with Gasteiger partial charge in [-0.05, 0) is 6.92 Å². The zero-order valence-electron chi connectivity index (χ0n) is 9.15. The van der Waals surface area contributed by atoms with Gasteiger partial charge in [-0.2, -0.15) is 0 Å². The predicted molar refractivity (Wildman–Crippen MR) is 53.2 cm³/mol. The van der Waals surface area contributed by atoms with Gasteiger partial charge in [-0.15, -0.1) is 0 Å². The van der Waals surface area contributed by atoms with Crippen LogP contribution < -0.4 is 0 Å². The van der Waals surface area contributed by atoms with Crippen LogP contribution in [0.2, 0.25) is 0 Å². The minimum absolute atomic E-state index is 0.00699. The van der Waals surface area contributed by atoms with E-state index in [1.807, 2.05) is 14.8 Å². The van der Waals surface area contributed by atoms with E-state index in [0.717, 1.165) is 0 Å². The number of hydrogen-bond donors (Lipinski definition) is 0. The highest BCUT2D eigenvalue weighted by molar-refractivity contribution is 6.11. The molecule has 2 saturated heterocycles. The SMILES string of the molecule is B[C@@H]1O[C@@]2(COC)[C@H](C)O[C@@H]1[C@@H]2OC. The number of ether oxygens (including phenoxy) is 4. The highest BCUT2D eigenvalue weighted by Crippen LogP contribution is 2.44. The monoisotopic (exact) mass is 200 g/mol. The molecule has 0 N–H and O–H groups in total. The van der Waals surface area contributed by atoms with Gasteiger partial charge in [0, 0.05) is 14.2 Å². The van der Waals surface area contributed by atoms with E-state index in [9.17, 15) is 0 Å². The normalized spacial score (nSPS) is 51.4. The maximum absolute atomic E-state index is 5.93. The highest BCUT2D eigenvalue weighted by atomic mass is 16.7. The van der Waals surface area contributed by atoms with Crippen molar-refractivity contribution in [2.75, 3.05) is 20.8 Å². The van der Waals surface area contributed by atoms with Crippen molar-refractivity contribution in [1.29, 1.82) is 0 Å². The highest BCUT2D eigenvalue weighted by Gasteiger charge is 2.64. The van der Waals surface area contributed by atoms with Crippen molar-refractivity contribution in [3.63, 3.8) is 0 Å². The second kappa shape index (κ2) is 3.49. The second-order valence-electron chi connectivity index (χ2n) is 4.11. The lowest BCUT2D eigenvalue weighted by Crippen LogP contribution is -2.50. The Hall–Kier alpha value is -0.0951. The third-order valence-corrected chi connectivity index (χ3v) is 3.32. The van der Waals surface area contributed by atoms with Gasteiger partial charge in [0.05, 0.1) is 18.7 Å². The molecule has 0 aromatic rings. The molecule has 0 spiro atoms. The minimum Gasteiger partial charge on any atom is -0.381 e. The zero-order chi connectivity index (χ0) is 10.3. The topological polar surface area (TPSA) is 36.9 Å². The molecule has 0 aromatic heterocycles. The third-order valence-electron chi connectivity index (χ3n) is 3.32. The Morgan fingerprint density at radius 2 is 2.14 bits per heavy atom. The van der Waals surface area contributed by atoms with Crippen molar-refractivity contribution in [2.45, 2.75) is 36.8 Å². The summed E-state index contributed by atoms with van der Waals surface area (Å²) < 4.78 is 22.4. The zero-order valence-corrected chi connectivity index (χ0v) is 9.15. The molecule has 2 aliphatic heterocycles. The molecule has 4 nitrogen and oxygen atoms in total. The summed E-state index contributed by atoms with van der Waals surface area (Å²) in [7, 11) is 5.39. The van der Waals surface area contributed by atoms with Gasteiger partial charge in [-0.3, -0.25) is 0 Å². The Labute approximate surface area is 85.3 Å². The van der Waals surface area contributed by atoms with Crippen LogP contribution in [0, 0.1) is 0 Å². The van der Waals surface area contributed by atoms with Crippen molar-refractivity contribution in [1.82, 2.24) is 0 Å². The molecule has 14 heavy (non-hydrogen) atoms. The Bertz CT molecular complexity index is 225. The minimum atomic E-state index is -0.409. The molecule has 0 aliphatic carbocycles. The summed E-state index contributed by atoms with van der Waals surface area (Å²) in [6.07, 6.45) is 0.0752. The van der Waals surface area contributed by atoms with Gasteiger partial charge in [0.15, 0.2) is 0 Å². The number of hydrogen-bond acceptors (Lipinski definition) is 4. The molecule has 2 bridgehead atoms. The molecule has 0 amide bonds. The molecule has 2 aliphatic rings. The van der Waals surface area contributed by atoms with Gasteiger partial charge in [0.1, 0.15) is 25.7 Å². The van der Waals surface area contributed by atoms with Gasteiger partial charge in [-0.25, -0.2) is 0 Å². The maximum Gasteiger partial charge on any atom is 0.145 e. The predicted octanol–water partition coefficient (Wildman–Crippen LogP) is -0.837. The molecule has 5 heteroatoms. The first-order chi connectivity index (χ1) is 6.65. The summed E-state index contributed by atoms with van der Waals surface area (Å²) in [6.45, 7) is 2.53. The molecule has 5 atom stereocenters. The number of rotatable bonds is 3. The first kappa shape index (κ1) is 10.4. The Kier molecular flexibility index (Phi) is 2.60. The average Bonchev–Trinajstić information content (AvgIpc) is 2.54. The van der Waals surface area contributed by atoms with E-state index in [1.165, 1.54) is 0 Å². The first-order valence-corrected chi connectivity index (χ1v) is 5.00. The summed E-state index contributed by atoms with van der Waals surface area (Å²) in [4.78, 5) is 0. The summed E-state index contributed by atoms with van der Waals surface area (Å²) in [5, 5.41) is 0. The Morgan fingerprint density at radius 3 is 2.71 bits per heavy atom. The van der Waals surface area contributed by atoms with E-state index in [0.29, 0.717) is 6.61 Å². The van der Waals surface area contributed by atoms with Crippen molar-refractivity contribution >= 4 is 7.85 Å². The van der Waals surface area contributed by atoms with Crippen LogP contribution in [0.5, 0.6) is 0 Å². The lowest BCUT2D eigenvalue weighted by atomic mass is 9.90. The standard InChI is InChI=1S/C9H17BO4/c1-5-9(4-11-2)7(12-3)6(13-5)8(10)14-9/h5-8H,4,10H2,1-3H3/t5-,6+,7-,8+,9-/m0/s1. The van der Waals surface area contributed by atoms with Crippen LogP contribution >= 0.6 is 0 Å². The van der Waals surface area contributed by atoms with Crippen molar-refractivity contribution in [3.8, 4) is 0 Å². The summed E-state index contributed by atoms with van der Waals surface area (Å²) in [6, 6.07) is 0.0892. The maximum atomic E-state index is 5.93. The van der Waals surface area contributed by atoms with E-state index in [2.05, 4.69) is 0 Å². The van der Waals surface area contributed by atoms with E-state index in [1.54, 1.807) is 14.2 Å². The smallest absolute Gasteiger partial charge is 0.145 e. The van der Waals surface area contributed by atoms with Crippen LogP contribution in [0.15, 0.2) is 0 Å². The van der Waals surface area contributed by atoms with Gasteiger partial charge >= 0.3 is 0 Å². The molecule has 2 heterocycles. The van der Waals surface area contributed by atoms with E-state index in [4.69, 9.17) is 18.9 Å². The number of fused-ring (bicyclic) bond motifs is 2. The second-order valence-corrected chi connectivity index (χ2v) is 4.11. The third kappa shape index (κ3) is 1.16. The van der Waals surface area contributed by atoms with E-state index >= 15 is 0 Å². The van der Waals surface area contributed by atoms with Gasteiger partial charge in [0.2, 0.25) is 0 Å². The van der Waals surface area contributed by atoms with Gasteiger partial charge < -0.3 is 18.9 Å². The first-order valence-electron chi connectivity index (χ1n) is 5.00. The molecule has 0 aromatic carbocycles. The van der Waals surface area contributed by atoms with Crippen molar-refractivity contribution < 1.29 is 18.9 Å². The van der Waals surface area contributed by atoms with E-state index < -0.39 is 5.60 Å². The molecular formula is C9H17BO4. The van der Waals surface area contributed by atoms with Crippen molar-refractivity contribution in [3.05, 3.63) is 0 Å². The Morgan fingerprint density at radius 1 is 1.43 bits per heavy atom. The number of methoxy groups -OCH3 is 2. The molecule has 0 unspecified atom stereocenters. The molecule has 80 valence electrons. The fourth-order valence-corrected chi connectivity index (χ4v) is 2.66. The largest absolute Gasteiger partial charge is 0.381 e. The van der Waals surface area contributed by atoms with E-state index in [-0.39, 0.29) is 24.3 Å². The molecule has 2 fully saturated rings. The molecule has 2 rings (SSSR count). The van der Waals surface area contributed by atoms with Gasteiger partial charge in [-0.1, -0.05) is 0 Å². The molecule has 0 saturated carbocycles. The Balaban J connectivity index is 2.25. The lowest BCUT2D eigenvalue weighted by molar-refractivity contribution is -0.178.